The molecule has 5 nitrogen and oxygen atoms in total. The Kier molecular flexibility index (Phi) is 6.16. The Morgan fingerprint density at radius 2 is 1.64 bits per heavy atom. The predicted molar refractivity (Wildman–Crippen MR) is 115 cm³/mol. The SMILES string of the molecule is CCN(C(=O)c1cccc(NS(=O)(=O)c2ccc(Br)cc2)c1)c1ccccc1. The number of sulfonamides is 1. The van der Waals surface area contributed by atoms with E-state index in [4.69, 9.17) is 0 Å². The molecule has 28 heavy (non-hydrogen) atoms. The fraction of sp³-hybridized carbons (Fsp3) is 0.0952. The largest absolute Gasteiger partial charge is 0.309 e. The zero-order valence-electron chi connectivity index (χ0n) is 15.2. The van der Waals surface area contributed by atoms with Gasteiger partial charge in [0.25, 0.3) is 15.9 Å². The van der Waals surface area contributed by atoms with Crippen molar-refractivity contribution in [1.29, 1.82) is 0 Å². The van der Waals surface area contributed by atoms with Gasteiger partial charge in [-0.1, -0.05) is 40.2 Å². The van der Waals surface area contributed by atoms with Crippen LogP contribution in [0.15, 0.2) is 88.2 Å². The Hall–Kier alpha value is -2.64. The molecule has 0 heterocycles. The van der Waals surface area contributed by atoms with E-state index in [1.807, 2.05) is 37.3 Å². The molecule has 0 aliphatic rings. The number of para-hydroxylation sites is 1. The first kappa shape index (κ1) is 20.1. The van der Waals surface area contributed by atoms with E-state index in [2.05, 4.69) is 20.7 Å². The molecule has 0 aliphatic carbocycles. The van der Waals surface area contributed by atoms with Gasteiger partial charge in [-0.05, 0) is 61.5 Å². The van der Waals surface area contributed by atoms with Crippen molar-refractivity contribution in [3.05, 3.63) is 88.9 Å². The molecule has 3 rings (SSSR count). The van der Waals surface area contributed by atoms with Gasteiger partial charge in [-0.25, -0.2) is 8.42 Å². The first-order chi connectivity index (χ1) is 13.4. The highest BCUT2D eigenvalue weighted by Crippen LogP contribution is 2.21. The van der Waals surface area contributed by atoms with E-state index in [9.17, 15) is 13.2 Å². The summed E-state index contributed by atoms with van der Waals surface area (Å²) in [6.07, 6.45) is 0. The molecule has 1 N–H and O–H groups in total. The molecule has 0 aliphatic heterocycles. The lowest BCUT2D eigenvalue weighted by molar-refractivity contribution is 0.0988. The molecule has 0 radical (unpaired) electrons. The maximum atomic E-state index is 12.9. The summed E-state index contributed by atoms with van der Waals surface area (Å²) in [6.45, 7) is 2.39. The van der Waals surface area contributed by atoms with Crippen molar-refractivity contribution in [2.24, 2.45) is 0 Å². The second-order valence-corrected chi connectivity index (χ2v) is 8.62. The third-order valence-corrected chi connectivity index (χ3v) is 6.04. The number of benzene rings is 3. The zero-order chi connectivity index (χ0) is 20.1. The zero-order valence-corrected chi connectivity index (χ0v) is 17.6. The van der Waals surface area contributed by atoms with Gasteiger partial charge < -0.3 is 4.90 Å². The smallest absolute Gasteiger partial charge is 0.261 e. The fourth-order valence-electron chi connectivity index (χ4n) is 2.75. The van der Waals surface area contributed by atoms with Gasteiger partial charge in [0.1, 0.15) is 0 Å². The van der Waals surface area contributed by atoms with Crippen LogP contribution in [0.2, 0.25) is 0 Å². The summed E-state index contributed by atoms with van der Waals surface area (Å²) in [5, 5.41) is 0. The first-order valence-corrected chi connectivity index (χ1v) is 10.9. The molecule has 3 aromatic carbocycles. The van der Waals surface area contributed by atoms with Gasteiger partial charge in [0.15, 0.2) is 0 Å². The Morgan fingerprint density at radius 1 is 0.964 bits per heavy atom. The lowest BCUT2D eigenvalue weighted by Gasteiger charge is -2.21. The topological polar surface area (TPSA) is 66.5 Å². The highest BCUT2D eigenvalue weighted by atomic mass is 79.9. The van der Waals surface area contributed by atoms with Gasteiger partial charge in [-0.3, -0.25) is 9.52 Å². The summed E-state index contributed by atoms with van der Waals surface area (Å²) in [4.78, 5) is 14.7. The van der Waals surface area contributed by atoms with Crippen LogP contribution in [-0.2, 0) is 10.0 Å². The molecular formula is C21H19BrN2O3S. The number of carbonyl (C=O) groups is 1. The number of halogens is 1. The molecule has 0 saturated heterocycles. The molecule has 1 amide bonds. The van der Waals surface area contributed by atoms with Crippen molar-refractivity contribution in [3.8, 4) is 0 Å². The van der Waals surface area contributed by atoms with Crippen molar-refractivity contribution in [3.63, 3.8) is 0 Å². The number of amides is 1. The minimum atomic E-state index is -3.75. The summed E-state index contributed by atoms with van der Waals surface area (Å²) in [5.74, 6) is -0.196. The highest BCUT2D eigenvalue weighted by molar-refractivity contribution is 9.10. The molecule has 0 unspecified atom stereocenters. The van der Waals surface area contributed by atoms with Crippen LogP contribution in [-0.4, -0.2) is 20.9 Å². The van der Waals surface area contributed by atoms with Gasteiger partial charge in [-0.2, -0.15) is 0 Å². The molecule has 144 valence electrons. The third-order valence-electron chi connectivity index (χ3n) is 4.11. The standard InChI is InChI=1S/C21H19BrN2O3S/c1-2-24(19-9-4-3-5-10-19)21(25)16-7-6-8-18(15-16)23-28(26,27)20-13-11-17(22)12-14-20/h3-15,23H,2H2,1H3. The lowest BCUT2D eigenvalue weighted by atomic mass is 10.1. The van der Waals surface area contributed by atoms with Gasteiger partial charge in [-0.15, -0.1) is 0 Å². The molecule has 0 saturated carbocycles. The van der Waals surface area contributed by atoms with Crippen molar-refractivity contribution in [1.82, 2.24) is 0 Å². The number of rotatable bonds is 6. The van der Waals surface area contributed by atoms with E-state index >= 15 is 0 Å². The second-order valence-electron chi connectivity index (χ2n) is 6.03. The minimum Gasteiger partial charge on any atom is -0.309 e. The number of nitrogens with zero attached hydrogens (tertiary/aromatic N) is 1. The van der Waals surface area contributed by atoms with E-state index in [0.717, 1.165) is 10.2 Å². The van der Waals surface area contributed by atoms with Gasteiger partial charge >= 0.3 is 0 Å². The van der Waals surface area contributed by atoms with Crippen LogP contribution in [0, 0.1) is 0 Å². The van der Waals surface area contributed by atoms with Gasteiger partial charge in [0.2, 0.25) is 0 Å². The van der Waals surface area contributed by atoms with Crippen LogP contribution in [0.3, 0.4) is 0 Å². The molecule has 0 aromatic heterocycles. The third kappa shape index (κ3) is 4.61. The van der Waals surface area contributed by atoms with E-state index in [1.165, 1.54) is 12.1 Å². The summed E-state index contributed by atoms with van der Waals surface area (Å²) in [7, 11) is -3.75. The number of anilines is 2. The average molecular weight is 459 g/mol. The minimum absolute atomic E-state index is 0.145. The van der Waals surface area contributed by atoms with Crippen LogP contribution >= 0.6 is 15.9 Å². The van der Waals surface area contributed by atoms with Gasteiger partial charge in [0.05, 0.1) is 4.90 Å². The van der Waals surface area contributed by atoms with Crippen LogP contribution < -0.4 is 9.62 Å². The van der Waals surface area contributed by atoms with E-state index in [0.29, 0.717) is 17.8 Å². The highest BCUT2D eigenvalue weighted by Gasteiger charge is 2.18. The van der Waals surface area contributed by atoms with Crippen molar-refractivity contribution in [2.45, 2.75) is 11.8 Å². The maximum Gasteiger partial charge on any atom is 0.261 e. The van der Waals surface area contributed by atoms with Crippen LogP contribution in [0.5, 0.6) is 0 Å². The Bertz CT molecular complexity index is 1070. The Balaban J connectivity index is 1.85. The summed E-state index contributed by atoms with van der Waals surface area (Å²) in [5.41, 5.74) is 1.52. The van der Waals surface area contributed by atoms with Crippen LogP contribution in [0.25, 0.3) is 0 Å². The molecule has 0 atom stereocenters. The summed E-state index contributed by atoms with van der Waals surface area (Å²) in [6, 6.07) is 22.2. The Labute approximate surface area is 173 Å². The molecule has 0 fully saturated rings. The normalized spacial score (nSPS) is 11.1. The molecular weight excluding hydrogens is 440 g/mol. The second kappa shape index (κ2) is 8.58. The van der Waals surface area contributed by atoms with E-state index in [-0.39, 0.29) is 10.8 Å². The predicted octanol–water partition coefficient (Wildman–Crippen LogP) is 4.92. The number of nitrogens with one attached hydrogen (secondary N) is 1. The number of hydrogen-bond donors (Lipinski definition) is 1. The first-order valence-electron chi connectivity index (χ1n) is 8.66. The molecule has 7 heteroatoms. The lowest BCUT2D eigenvalue weighted by Crippen LogP contribution is -2.30. The van der Waals surface area contributed by atoms with Crippen LogP contribution in [0.1, 0.15) is 17.3 Å². The fourth-order valence-corrected chi connectivity index (χ4v) is 4.06. The van der Waals surface area contributed by atoms with E-state index in [1.54, 1.807) is 41.3 Å². The van der Waals surface area contributed by atoms with Crippen molar-refractivity contribution < 1.29 is 13.2 Å². The van der Waals surface area contributed by atoms with E-state index < -0.39 is 10.0 Å². The molecule has 0 bridgehead atoms. The van der Waals surface area contributed by atoms with Crippen molar-refractivity contribution in [2.75, 3.05) is 16.2 Å². The molecule has 3 aromatic rings. The monoisotopic (exact) mass is 458 g/mol. The average Bonchev–Trinajstić information content (AvgIpc) is 2.69. The summed E-state index contributed by atoms with van der Waals surface area (Å²) < 4.78 is 28.5. The maximum absolute atomic E-state index is 12.9. The Morgan fingerprint density at radius 3 is 2.29 bits per heavy atom. The molecule has 0 spiro atoms. The van der Waals surface area contributed by atoms with Crippen molar-refractivity contribution >= 4 is 43.2 Å². The summed E-state index contributed by atoms with van der Waals surface area (Å²) >= 11 is 3.29. The quantitative estimate of drug-likeness (QED) is 0.569. The van der Waals surface area contributed by atoms with Gasteiger partial charge in [0, 0.05) is 28.0 Å². The van der Waals surface area contributed by atoms with Crippen LogP contribution in [0.4, 0.5) is 11.4 Å². The number of carbonyl (C=O) groups excluding carboxylic acids is 1. The number of hydrogen-bond acceptors (Lipinski definition) is 3.